The number of amides is 3. The molecule has 0 aromatic rings. The summed E-state index contributed by atoms with van der Waals surface area (Å²) in [6.07, 6.45) is 14.3. The first kappa shape index (κ1) is 48.7. The van der Waals surface area contributed by atoms with Gasteiger partial charge in [-0.3, -0.25) is 19.2 Å². The zero-order valence-corrected chi connectivity index (χ0v) is 34.4. The van der Waals surface area contributed by atoms with Crippen LogP contribution in [0.2, 0.25) is 0 Å². The van der Waals surface area contributed by atoms with Gasteiger partial charge in [0.2, 0.25) is 17.7 Å². The quantitative estimate of drug-likeness (QED) is 0.0558. The molecule has 4 N–H and O–H groups in total. The molecule has 1 saturated heterocycles. The number of hydrogen-bond donors (Lipinski definition) is 3. The number of methoxy groups -OCH3 is 1. The van der Waals surface area contributed by atoms with Crippen molar-refractivity contribution in [1.82, 2.24) is 15.5 Å². The molecule has 5 unspecified atom stereocenters. The molecule has 0 spiro atoms. The average Bonchev–Trinajstić information content (AvgIpc) is 3.62. The Morgan fingerprint density at radius 1 is 0.717 bits per heavy atom. The Labute approximate surface area is 322 Å². The van der Waals surface area contributed by atoms with Crippen molar-refractivity contribution in [2.24, 2.45) is 29.4 Å². The number of nitrogens with two attached hydrogens (primary N) is 1. The summed E-state index contributed by atoms with van der Waals surface area (Å²) in [5.41, 5.74) is 5.43. The fraction of sp³-hybridized carbons (Fsp3) is 0.902. The maximum Gasteiger partial charge on any atom is 0.305 e. The van der Waals surface area contributed by atoms with Crippen LogP contribution in [0.3, 0.4) is 0 Å². The van der Waals surface area contributed by atoms with Gasteiger partial charge in [0.25, 0.3) is 0 Å². The Morgan fingerprint density at radius 2 is 1.26 bits per heavy atom. The molecule has 1 aliphatic heterocycles. The maximum atomic E-state index is 13.5. The number of carbonyl (C=O) groups excluding carboxylic acids is 4. The summed E-state index contributed by atoms with van der Waals surface area (Å²) >= 11 is 0. The minimum Gasteiger partial charge on any atom is -0.469 e. The summed E-state index contributed by atoms with van der Waals surface area (Å²) in [6.45, 7) is 15.9. The van der Waals surface area contributed by atoms with Gasteiger partial charge < -0.3 is 40.2 Å². The third kappa shape index (κ3) is 24.7. The smallest absolute Gasteiger partial charge is 0.305 e. The molecule has 1 fully saturated rings. The summed E-state index contributed by atoms with van der Waals surface area (Å²) < 4.78 is 21.2. The summed E-state index contributed by atoms with van der Waals surface area (Å²) in [5.74, 6) is 1.33. The Morgan fingerprint density at radius 3 is 1.83 bits per heavy atom. The second-order valence-electron chi connectivity index (χ2n) is 15.8. The van der Waals surface area contributed by atoms with Crippen molar-refractivity contribution in [2.75, 3.05) is 66.4 Å². The molecule has 3 amide bonds. The van der Waals surface area contributed by atoms with Crippen LogP contribution in [0.1, 0.15) is 137 Å². The van der Waals surface area contributed by atoms with Gasteiger partial charge in [-0.05, 0) is 62.3 Å². The maximum absolute atomic E-state index is 13.5. The molecule has 53 heavy (non-hydrogen) atoms. The zero-order valence-electron chi connectivity index (χ0n) is 34.4. The van der Waals surface area contributed by atoms with Crippen LogP contribution >= 0.6 is 0 Å². The van der Waals surface area contributed by atoms with E-state index in [9.17, 15) is 19.2 Å². The number of nitrogens with one attached hydrogen (secondary N) is 2. The van der Waals surface area contributed by atoms with E-state index in [4.69, 9.17) is 24.7 Å². The van der Waals surface area contributed by atoms with E-state index in [-0.39, 0.29) is 36.5 Å². The van der Waals surface area contributed by atoms with Crippen molar-refractivity contribution in [1.29, 1.82) is 0 Å². The summed E-state index contributed by atoms with van der Waals surface area (Å²) in [7, 11) is 1.29. The molecule has 1 rings (SSSR count). The van der Waals surface area contributed by atoms with E-state index < -0.39 is 18.1 Å². The van der Waals surface area contributed by atoms with Crippen molar-refractivity contribution in [3.63, 3.8) is 0 Å². The lowest BCUT2D eigenvalue weighted by Gasteiger charge is -2.27. The van der Waals surface area contributed by atoms with Gasteiger partial charge >= 0.3 is 5.97 Å². The zero-order chi connectivity index (χ0) is 39.3. The van der Waals surface area contributed by atoms with Crippen molar-refractivity contribution in [2.45, 2.75) is 149 Å². The fourth-order valence-electron chi connectivity index (χ4n) is 6.79. The second kappa shape index (κ2) is 31.0. The van der Waals surface area contributed by atoms with Gasteiger partial charge in [-0.15, -0.1) is 0 Å². The van der Waals surface area contributed by atoms with Crippen molar-refractivity contribution in [3.05, 3.63) is 0 Å². The standard InChI is InChI=1S/C41H78N4O8/c1-32(2)13-7-14-33(3)15-8-16-34(4)17-9-18-35(5)31-38(46)45-24-10-19-37(45)41(49)44-36(20-21-39(47)50-6)40(48)43-23-12-26-52-28-30-53-29-27-51-25-11-22-42/h32-37H,7-31,42H2,1-6H3,(H,43,48)(H,44,49). The molecule has 1 heterocycles. The molecule has 310 valence electrons. The van der Waals surface area contributed by atoms with Crippen LogP contribution in [-0.4, -0.2) is 107 Å². The van der Waals surface area contributed by atoms with E-state index >= 15 is 0 Å². The lowest BCUT2D eigenvalue weighted by Crippen LogP contribution is -2.53. The first-order valence-corrected chi connectivity index (χ1v) is 20.9. The van der Waals surface area contributed by atoms with Crippen LogP contribution < -0.4 is 16.4 Å². The third-order valence-corrected chi connectivity index (χ3v) is 10.2. The third-order valence-electron chi connectivity index (χ3n) is 10.2. The van der Waals surface area contributed by atoms with Gasteiger partial charge in [-0.1, -0.05) is 92.4 Å². The average molecular weight is 755 g/mol. The Kier molecular flexibility index (Phi) is 28.5. The molecule has 5 atom stereocenters. The molecule has 12 nitrogen and oxygen atoms in total. The topological polar surface area (TPSA) is 159 Å². The van der Waals surface area contributed by atoms with Crippen LogP contribution in [-0.2, 0) is 38.1 Å². The van der Waals surface area contributed by atoms with Gasteiger partial charge in [-0.25, -0.2) is 0 Å². The minimum absolute atomic E-state index is 0.00791. The Bertz CT molecular complexity index is 984. The number of hydrogen-bond acceptors (Lipinski definition) is 9. The number of likely N-dealkylation sites (tertiary alicyclic amines) is 1. The molecule has 1 aliphatic rings. The monoisotopic (exact) mass is 755 g/mol. The summed E-state index contributed by atoms with van der Waals surface area (Å²) in [6, 6.07) is -1.54. The van der Waals surface area contributed by atoms with E-state index in [0.717, 1.165) is 37.5 Å². The number of nitrogens with zero attached hydrogens (tertiary/aromatic N) is 1. The number of ether oxygens (including phenoxy) is 4. The highest BCUT2D eigenvalue weighted by molar-refractivity contribution is 5.92. The molecule has 0 aliphatic carbocycles. The van der Waals surface area contributed by atoms with E-state index in [1.165, 1.54) is 52.1 Å². The lowest BCUT2D eigenvalue weighted by atomic mass is 9.90. The minimum atomic E-state index is -0.922. The Balaban J connectivity index is 2.43. The number of rotatable bonds is 33. The van der Waals surface area contributed by atoms with Gasteiger partial charge in [0.15, 0.2) is 0 Å². The first-order valence-electron chi connectivity index (χ1n) is 20.9. The van der Waals surface area contributed by atoms with Crippen LogP contribution in [0.25, 0.3) is 0 Å². The lowest BCUT2D eigenvalue weighted by molar-refractivity contribution is -0.141. The molecule has 0 radical (unpaired) electrons. The van der Waals surface area contributed by atoms with Crippen molar-refractivity contribution >= 4 is 23.7 Å². The molecule has 0 aromatic carbocycles. The summed E-state index contributed by atoms with van der Waals surface area (Å²) in [4.78, 5) is 53.5. The normalized spacial score (nSPS) is 16.7. The SMILES string of the molecule is COC(=O)CCC(NC(=O)C1CCCN1C(=O)CC(C)CCCC(C)CCCC(C)CCCC(C)C)C(=O)NCCCOCCOCCOCCCN. The largest absolute Gasteiger partial charge is 0.469 e. The summed E-state index contributed by atoms with van der Waals surface area (Å²) in [5, 5.41) is 5.69. The first-order chi connectivity index (χ1) is 25.5. The number of carbonyl (C=O) groups is 4. The van der Waals surface area contributed by atoms with E-state index in [1.807, 2.05) is 0 Å². The van der Waals surface area contributed by atoms with Crippen molar-refractivity contribution < 1.29 is 38.1 Å². The highest BCUT2D eigenvalue weighted by Crippen LogP contribution is 2.25. The molecule has 0 aromatic heterocycles. The second-order valence-corrected chi connectivity index (χ2v) is 15.8. The van der Waals surface area contributed by atoms with Gasteiger partial charge in [-0.2, -0.15) is 0 Å². The van der Waals surface area contributed by atoms with Gasteiger partial charge in [0.05, 0.1) is 33.5 Å². The number of esters is 1. The van der Waals surface area contributed by atoms with Crippen LogP contribution in [0.4, 0.5) is 0 Å². The van der Waals surface area contributed by atoms with Crippen LogP contribution in [0.5, 0.6) is 0 Å². The fourth-order valence-corrected chi connectivity index (χ4v) is 6.79. The van der Waals surface area contributed by atoms with Crippen molar-refractivity contribution in [3.8, 4) is 0 Å². The van der Waals surface area contributed by atoms with E-state index in [2.05, 4.69) is 45.3 Å². The molecular formula is C41H78N4O8. The van der Waals surface area contributed by atoms with Crippen LogP contribution in [0, 0.1) is 23.7 Å². The highest BCUT2D eigenvalue weighted by atomic mass is 16.5. The molecule has 12 heteroatoms. The highest BCUT2D eigenvalue weighted by Gasteiger charge is 2.36. The molecule has 0 bridgehead atoms. The Hall–Kier alpha value is -2.28. The van der Waals surface area contributed by atoms with Gasteiger partial charge in [0, 0.05) is 39.1 Å². The van der Waals surface area contributed by atoms with Crippen LogP contribution in [0.15, 0.2) is 0 Å². The van der Waals surface area contributed by atoms with E-state index in [1.54, 1.807) is 4.90 Å². The van der Waals surface area contributed by atoms with E-state index in [0.29, 0.717) is 84.5 Å². The van der Waals surface area contributed by atoms with Gasteiger partial charge in [0.1, 0.15) is 12.1 Å². The molecule has 0 saturated carbocycles. The predicted molar refractivity (Wildman–Crippen MR) is 210 cm³/mol. The molecular weight excluding hydrogens is 676 g/mol. The predicted octanol–water partition coefficient (Wildman–Crippen LogP) is 5.79.